The van der Waals surface area contributed by atoms with Gasteiger partial charge in [-0.05, 0) is 29.8 Å². The van der Waals surface area contributed by atoms with Crippen molar-refractivity contribution in [2.75, 3.05) is 0 Å². The number of aromatic nitrogens is 1. The van der Waals surface area contributed by atoms with Crippen LogP contribution in [0.1, 0.15) is 17.5 Å². The Hall–Kier alpha value is -2.69. The summed E-state index contributed by atoms with van der Waals surface area (Å²) in [5.41, 5.74) is 9.49. The van der Waals surface area contributed by atoms with E-state index in [1.54, 1.807) is 24.3 Å². The molecule has 3 aromatic rings. The van der Waals surface area contributed by atoms with Crippen LogP contribution in [0.25, 0.3) is 11.1 Å². The molecule has 0 fully saturated rings. The molecule has 0 aliphatic rings. The Morgan fingerprint density at radius 1 is 1.11 bits per heavy atom. The average Bonchev–Trinajstić information content (AvgIpc) is 2.85. The van der Waals surface area contributed by atoms with Crippen molar-refractivity contribution in [3.63, 3.8) is 0 Å². The van der Waals surface area contributed by atoms with Crippen LogP contribution in [0.4, 0.5) is 0 Å². The molecule has 3 rings (SSSR count). The molecule has 0 spiro atoms. The quantitative estimate of drug-likeness (QED) is 0.699. The highest BCUT2D eigenvalue weighted by atomic mass is 16.3. The van der Waals surface area contributed by atoms with Gasteiger partial charge in [-0.3, -0.25) is 0 Å². The molecule has 1 heterocycles. The SMILES string of the molecule is N=NC(c1ccc(O)cc1)c1nc2ccccc2o1. The first-order valence-electron chi connectivity index (χ1n) is 5.79. The highest BCUT2D eigenvalue weighted by molar-refractivity contribution is 5.72. The van der Waals surface area contributed by atoms with Crippen LogP contribution in [0, 0.1) is 5.53 Å². The summed E-state index contributed by atoms with van der Waals surface area (Å²) >= 11 is 0. The van der Waals surface area contributed by atoms with E-state index in [4.69, 9.17) is 9.95 Å². The van der Waals surface area contributed by atoms with E-state index in [-0.39, 0.29) is 5.75 Å². The molecule has 2 N–H and O–H groups in total. The van der Waals surface area contributed by atoms with Gasteiger partial charge in [-0.15, -0.1) is 0 Å². The van der Waals surface area contributed by atoms with Gasteiger partial charge >= 0.3 is 0 Å². The fourth-order valence-electron chi connectivity index (χ4n) is 1.94. The molecule has 5 heteroatoms. The summed E-state index contributed by atoms with van der Waals surface area (Å²) < 4.78 is 5.62. The number of benzene rings is 2. The first-order valence-corrected chi connectivity index (χ1v) is 5.79. The van der Waals surface area contributed by atoms with Crippen LogP contribution in [-0.4, -0.2) is 10.1 Å². The van der Waals surface area contributed by atoms with Crippen molar-refractivity contribution in [1.29, 1.82) is 5.53 Å². The minimum atomic E-state index is -0.590. The topological polar surface area (TPSA) is 82.5 Å². The van der Waals surface area contributed by atoms with E-state index in [1.807, 2.05) is 24.3 Å². The largest absolute Gasteiger partial charge is 0.508 e. The first-order chi connectivity index (χ1) is 9.28. The van der Waals surface area contributed by atoms with Crippen LogP contribution in [0.2, 0.25) is 0 Å². The van der Waals surface area contributed by atoms with Crippen molar-refractivity contribution in [1.82, 2.24) is 4.98 Å². The smallest absolute Gasteiger partial charge is 0.226 e. The standard InChI is InChI=1S/C14H11N3O2/c15-17-13(9-5-7-10(18)8-6-9)14-16-11-3-1-2-4-12(11)19-14/h1-8,13,15,18H. The lowest BCUT2D eigenvalue weighted by Crippen LogP contribution is -1.97. The van der Waals surface area contributed by atoms with E-state index in [0.717, 1.165) is 11.1 Å². The molecule has 5 nitrogen and oxygen atoms in total. The van der Waals surface area contributed by atoms with Gasteiger partial charge in [0, 0.05) is 0 Å². The summed E-state index contributed by atoms with van der Waals surface area (Å²) in [6.45, 7) is 0. The lowest BCUT2D eigenvalue weighted by atomic mass is 10.1. The average molecular weight is 253 g/mol. The van der Waals surface area contributed by atoms with Crippen LogP contribution >= 0.6 is 0 Å². The van der Waals surface area contributed by atoms with Crippen molar-refractivity contribution < 1.29 is 9.52 Å². The van der Waals surface area contributed by atoms with Gasteiger partial charge in [0.2, 0.25) is 5.89 Å². The zero-order valence-electron chi connectivity index (χ0n) is 9.95. The minimum absolute atomic E-state index is 0.171. The summed E-state index contributed by atoms with van der Waals surface area (Å²) in [4.78, 5) is 4.34. The third-order valence-electron chi connectivity index (χ3n) is 2.88. The highest BCUT2D eigenvalue weighted by Crippen LogP contribution is 2.29. The molecule has 0 radical (unpaired) electrons. The lowest BCUT2D eigenvalue weighted by molar-refractivity contribution is 0.473. The summed E-state index contributed by atoms with van der Waals surface area (Å²) in [7, 11) is 0. The molecule has 1 unspecified atom stereocenters. The predicted molar refractivity (Wildman–Crippen MR) is 69.1 cm³/mol. The number of fused-ring (bicyclic) bond motifs is 1. The fourth-order valence-corrected chi connectivity index (χ4v) is 1.94. The van der Waals surface area contributed by atoms with Gasteiger partial charge in [0.15, 0.2) is 11.6 Å². The van der Waals surface area contributed by atoms with E-state index >= 15 is 0 Å². The van der Waals surface area contributed by atoms with Gasteiger partial charge in [0.25, 0.3) is 0 Å². The van der Waals surface area contributed by atoms with Crippen molar-refractivity contribution in [2.45, 2.75) is 6.04 Å². The maximum absolute atomic E-state index is 9.28. The number of hydrogen-bond acceptors (Lipinski definition) is 5. The Bertz CT molecular complexity index is 686. The van der Waals surface area contributed by atoms with Gasteiger partial charge in [0.05, 0.1) is 0 Å². The molecule has 0 aliphatic carbocycles. The zero-order valence-corrected chi connectivity index (χ0v) is 9.95. The molecule has 2 aromatic carbocycles. The Balaban J connectivity index is 2.06. The zero-order chi connectivity index (χ0) is 13.2. The maximum atomic E-state index is 9.28. The van der Waals surface area contributed by atoms with Crippen LogP contribution in [0.5, 0.6) is 5.75 Å². The minimum Gasteiger partial charge on any atom is -0.508 e. The molecule has 0 saturated heterocycles. The number of rotatable bonds is 3. The van der Waals surface area contributed by atoms with Crippen molar-refractivity contribution in [2.24, 2.45) is 5.11 Å². The number of phenolic OH excluding ortho intramolecular Hbond substituents is 1. The second kappa shape index (κ2) is 4.53. The number of aromatic hydroxyl groups is 1. The third kappa shape index (κ3) is 2.06. The Kier molecular flexibility index (Phi) is 2.72. The molecule has 0 aliphatic heterocycles. The van der Waals surface area contributed by atoms with Crippen molar-refractivity contribution in [3.8, 4) is 5.75 Å². The van der Waals surface area contributed by atoms with E-state index in [2.05, 4.69) is 10.1 Å². The molecular formula is C14H11N3O2. The summed E-state index contributed by atoms with van der Waals surface area (Å²) in [5.74, 6) is 0.548. The molecule has 1 aromatic heterocycles. The molecule has 19 heavy (non-hydrogen) atoms. The normalized spacial score (nSPS) is 12.4. The Morgan fingerprint density at radius 2 is 1.84 bits per heavy atom. The number of hydrogen-bond donors (Lipinski definition) is 2. The van der Waals surface area contributed by atoms with Gasteiger partial charge in [-0.25, -0.2) is 10.5 Å². The second-order valence-electron chi connectivity index (χ2n) is 4.14. The number of nitrogens with zero attached hydrogens (tertiary/aromatic N) is 2. The van der Waals surface area contributed by atoms with Gasteiger partial charge in [-0.1, -0.05) is 24.3 Å². The summed E-state index contributed by atoms with van der Waals surface area (Å²) in [5, 5.41) is 12.8. The van der Waals surface area contributed by atoms with Crippen LogP contribution < -0.4 is 0 Å². The Morgan fingerprint density at radius 3 is 2.53 bits per heavy atom. The van der Waals surface area contributed by atoms with Gasteiger partial charge < -0.3 is 9.52 Å². The lowest BCUT2D eigenvalue weighted by Gasteiger charge is -2.06. The number of phenols is 1. The van der Waals surface area contributed by atoms with Gasteiger partial charge in [0.1, 0.15) is 11.3 Å². The van der Waals surface area contributed by atoms with E-state index in [9.17, 15) is 5.11 Å². The summed E-state index contributed by atoms with van der Waals surface area (Å²) in [6, 6.07) is 13.3. The number of nitrogens with one attached hydrogen (secondary N) is 1. The highest BCUT2D eigenvalue weighted by Gasteiger charge is 2.19. The molecule has 0 saturated carbocycles. The predicted octanol–water partition coefficient (Wildman–Crippen LogP) is 3.65. The molecule has 1 atom stereocenters. The monoisotopic (exact) mass is 253 g/mol. The molecule has 94 valence electrons. The van der Waals surface area contributed by atoms with Crippen LogP contribution in [0.3, 0.4) is 0 Å². The van der Waals surface area contributed by atoms with Crippen LogP contribution in [-0.2, 0) is 0 Å². The molecular weight excluding hydrogens is 242 g/mol. The van der Waals surface area contributed by atoms with E-state index in [1.165, 1.54) is 0 Å². The molecule has 0 amide bonds. The maximum Gasteiger partial charge on any atom is 0.226 e. The number of para-hydroxylation sites is 2. The van der Waals surface area contributed by atoms with E-state index < -0.39 is 6.04 Å². The van der Waals surface area contributed by atoms with E-state index in [0.29, 0.717) is 11.5 Å². The fraction of sp³-hybridized carbons (Fsp3) is 0.0714. The van der Waals surface area contributed by atoms with Crippen molar-refractivity contribution >= 4 is 11.1 Å². The molecule has 0 bridgehead atoms. The summed E-state index contributed by atoms with van der Waals surface area (Å²) in [6.07, 6.45) is 0. The van der Waals surface area contributed by atoms with Gasteiger partial charge in [-0.2, -0.15) is 5.11 Å². The second-order valence-corrected chi connectivity index (χ2v) is 4.14. The third-order valence-corrected chi connectivity index (χ3v) is 2.88. The number of oxazole rings is 1. The van der Waals surface area contributed by atoms with Crippen LogP contribution in [0.15, 0.2) is 58.1 Å². The van der Waals surface area contributed by atoms with Crippen molar-refractivity contribution in [3.05, 3.63) is 60.0 Å². The Labute approximate surface area is 109 Å². The first kappa shape index (κ1) is 11.4.